The van der Waals surface area contributed by atoms with Crippen LogP contribution in [0.1, 0.15) is 6.42 Å². The van der Waals surface area contributed by atoms with E-state index in [9.17, 15) is 18.0 Å². The van der Waals surface area contributed by atoms with E-state index < -0.39 is 18.8 Å². The molecule has 1 fully saturated rings. The molecule has 5 nitrogen and oxygen atoms in total. The smallest absolute Gasteiger partial charge is 0.422 e. The fourth-order valence-electron chi connectivity index (χ4n) is 2.22. The van der Waals surface area contributed by atoms with Gasteiger partial charge in [-0.2, -0.15) is 13.2 Å². The molecule has 1 aliphatic heterocycles. The number of para-hydroxylation sites is 2. The van der Waals surface area contributed by atoms with Gasteiger partial charge in [0.25, 0.3) is 0 Å². The van der Waals surface area contributed by atoms with E-state index >= 15 is 0 Å². The second kappa shape index (κ2) is 6.87. The summed E-state index contributed by atoms with van der Waals surface area (Å²) in [6.45, 7) is -0.484. The minimum Gasteiger partial charge on any atom is -0.482 e. The summed E-state index contributed by atoms with van der Waals surface area (Å²) in [5, 5.41) is 11.6. The Labute approximate surface area is 125 Å². The number of urea groups is 1. The summed E-state index contributed by atoms with van der Waals surface area (Å²) in [6, 6.07) is 5.54. The number of aliphatic hydroxyl groups is 1. The van der Waals surface area contributed by atoms with Crippen LogP contribution in [0.3, 0.4) is 0 Å². The van der Waals surface area contributed by atoms with Crippen LogP contribution >= 0.6 is 0 Å². The average Bonchev–Trinajstić information content (AvgIpc) is 2.94. The minimum absolute atomic E-state index is 0.00899. The van der Waals surface area contributed by atoms with E-state index in [-0.39, 0.29) is 24.0 Å². The lowest BCUT2D eigenvalue weighted by molar-refractivity contribution is -0.153. The van der Waals surface area contributed by atoms with Crippen molar-refractivity contribution in [1.82, 2.24) is 4.90 Å². The number of hydrogen-bond donors (Lipinski definition) is 2. The Kier molecular flexibility index (Phi) is 5.12. The van der Waals surface area contributed by atoms with Gasteiger partial charge in [-0.3, -0.25) is 0 Å². The van der Waals surface area contributed by atoms with Crippen molar-refractivity contribution >= 4 is 11.7 Å². The van der Waals surface area contributed by atoms with Crippen molar-refractivity contribution in [2.45, 2.75) is 12.6 Å². The molecule has 22 heavy (non-hydrogen) atoms. The number of hydrogen-bond acceptors (Lipinski definition) is 3. The van der Waals surface area contributed by atoms with Gasteiger partial charge in [0.15, 0.2) is 6.61 Å². The number of likely N-dealkylation sites (tertiary alicyclic amines) is 1. The highest BCUT2D eigenvalue weighted by Crippen LogP contribution is 2.27. The highest BCUT2D eigenvalue weighted by Gasteiger charge is 2.29. The minimum atomic E-state index is -4.44. The van der Waals surface area contributed by atoms with Gasteiger partial charge in [0.2, 0.25) is 0 Å². The van der Waals surface area contributed by atoms with Gasteiger partial charge in [0, 0.05) is 25.6 Å². The molecule has 1 saturated heterocycles. The van der Waals surface area contributed by atoms with E-state index in [0.29, 0.717) is 19.5 Å². The summed E-state index contributed by atoms with van der Waals surface area (Å²) in [4.78, 5) is 13.6. The molecule has 1 atom stereocenters. The van der Waals surface area contributed by atoms with Crippen LogP contribution in [-0.2, 0) is 0 Å². The van der Waals surface area contributed by atoms with Crippen molar-refractivity contribution in [1.29, 1.82) is 0 Å². The van der Waals surface area contributed by atoms with Gasteiger partial charge < -0.3 is 20.1 Å². The fourth-order valence-corrected chi connectivity index (χ4v) is 2.22. The summed E-state index contributed by atoms with van der Waals surface area (Å²) in [5.74, 6) is 0.00792. The predicted octanol–water partition coefficient (Wildman–Crippen LogP) is 2.47. The highest BCUT2D eigenvalue weighted by molar-refractivity contribution is 5.91. The third-order valence-corrected chi connectivity index (χ3v) is 3.35. The van der Waals surface area contributed by atoms with Crippen LogP contribution in [0.25, 0.3) is 0 Å². The van der Waals surface area contributed by atoms with Crippen molar-refractivity contribution in [2.75, 3.05) is 31.6 Å². The van der Waals surface area contributed by atoms with Gasteiger partial charge in [-0.05, 0) is 18.6 Å². The van der Waals surface area contributed by atoms with E-state index in [1.54, 1.807) is 6.07 Å². The van der Waals surface area contributed by atoms with E-state index in [4.69, 9.17) is 9.84 Å². The van der Waals surface area contributed by atoms with Crippen LogP contribution in [0.5, 0.6) is 5.75 Å². The van der Waals surface area contributed by atoms with E-state index in [0.717, 1.165) is 0 Å². The normalized spacial score (nSPS) is 18.4. The number of aliphatic hydroxyl groups excluding tert-OH is 1. The summed E-state index contributed by atoms with van der Waals surface area (Å²) < 4.78 is 41.4. The molecule has 1 aromatic carbocycles. The lowest BCUT2D eigenvalue weighted by Gasteiger charge is -2.19. The SMILES string of the molecule is O=C(Nc1ccccc1OCC(F)(F)F)N1CCC(CO)C1. The number of alkyl halides is 3. The van der Waals surface area contributed by atoms with Crippen molar-refractivity contribution in [3.05, 3.63) is 24.3 Å². The molecule has 2 amide bonds. The maximum absolute atomic E-state index is 12.2. The summed E-state index contributed by atoms with van der Waals surface area (Å²) in [6.07, 6.45) is -3.74. The molecule has 2 N–H and O–H groups in total. The lowest BCUT2D eigenvalue weighted by atomic mass is 10.1. The topological polar surface area (TPSA) is 61.8 Å². The number of carbonyl (C=O) groups is 1. The molecule has 0 saturated carbocycles. The largest absolute Gasteiger partial charge is 0.482 e. The van der Waals surface area contributed by atoms with Gasteiger partial charge in [0.05, 0.1) is 5.69 Å². The average molecular weight is 318 g/mol. The number of amides is 2. The Bertz CT molecular complexity index is 522. The zero-order valence-electron chi connectivity index (χ0n) is 11.8. The zero-order chi connectivity index (χ0) is 16.2. The van der Waals surface area contributed by atoms with Crippen molar-refractivity contribution in [2.24, 2.45) is 5.92 Å². The lowest BCUT2D eigenvalue weighted by Crippen LogP contribution is -2.33. The molecule has 2 rings (SSSR count). The first-order valence-corrected chi connectivity index (χ1v) is 6.84. The van der Waals surface area contributed by atoms with Crippen LogP contribution in [0.2, 0.25) is 0 Å². The van der Waals surface area contributed by atoms with Crippen molar-refractivity contribution in [3.63, 3.8) is 0 Å². The van der Waals surface area contributed by atoms with Crippen LogP contribution in [0.4, 0.5) is 23.7 Å². The number of anilines is 1. The number of carbonyl (C=O) groups excluding carboxylic acids is 1. The van der Waals surface area contributed by atoms with Crippen LogP contribution in [0, 0.1) is 5.92 Å². The first kappa shape index (κ1) is 16.4. The Morgan fingerprint density at radius 1 is 1.41 bits per heavy atom. The molecule has 122 valence electrons. The number of halogens is 3. The van der Waals surface area contributed by atoms with Crippen LogP contribution in [-0.4, -0.2) is 48.5 Å². The maximum atomic E-state index is 12.2. The molecule has 0 aliphatic carbocycles. The number of nitrogens with one attached hydrogen (secondary N) is 1. The second-order valence-corrected chi connectivity index (χ2v) is 5.11. The number of benzene rings is 1. The third kappa shape index (κ3) is 4.52. The van der Waals surface area contributed by atoms with Gasteiger partial charge in [-0.1, -0.05) is 12.1 Å². The van der Waals surface area contributed by atoms with E-state index in [2.05, 4.69) is 5.32 Å². The van der Waals surface area contributed by atoms with Crippen molar-refractivity contribution < 1.29 is 27.8 Å². The van der Waals surface area contributed by atoms with Gasteiger partial charge in [-0.15, -0.1) is 0 Å². The summed E-state index contributed by atoms with van der Waals surface area (Å²) >= 11 is 0. The standard InChI is InChI=1S/C14H17F3N2O3/c15-14(16,17)9-22-12-4-2-1-3-11(12)18-13(21)19-6-5-10(7-19)8-20/h1-4,10,20H,5-9H2,(H,18,21). The fraction of sp³-hybridized carbons (Fsp3) is 0.500. The van der Waals surface area contributed by atoms with Crippen molar-refractivity contribution in [3.8, 4) is 5.75 Å². The Hall–Kier alpha value is -1.96. The molecule has 1 aromatic rings. The molecular weight excluding hydrogens is 301 g/mol. The van der Waals surface area contributed by atoms with Gasteiger partial charge >= 0.3 is 12.2 Å². The number of nitrogens with zero attached hydrogens (tertiary/aromatic N) is 1. The molecular formula is C14H17F3N2O3. The Balaban J connectivity index is 1.99. The van der Waals surface area contributed by atoms with Crippen LogP contribution < -0.4 is 10.1 Å². The number of ether oxygens (including phenoxy) is 1. The molecule has 1 heterocycles. The molecule has 8 heteroatoms. The summed E-state index contributed by atoms with van der Waals surface area (Å²) in [7, 11) is 0. The molecule has 1 aliphatic rings. The van der Waals surface area contributed by atoms with E-state index in [1.165, 1.54) is 23.1 Å². The third-order valence-electron chi connectivity index (χ3n) is 3.35. The second-order valence-electron chi connectivity index (χ2n) is 5.11. The quantitative estimate of drug-likeness (QED) is 0.896. The Morgan fingerprint density at radius 3 is 2.77 bits per heavy atom. The molecule has 1 unspecified atom stereocenters. The summed E-state index contributed by atoms with van der Waals surface area (Å²) in [5.41, 5.74) is 0.184. The molecule has 0 spiro atoms. The maximum Gasteiger partial charge on any atom is 0.422 e. The van der Waals surface area contributed by atoms with Gasteiger partial charge in [0.1, 0.15) is 5.75 Å². The monoisotopic (exact) mass is 318 g/mol. The van der Waals surface area contributed by atoms with Crippen LogP contribution in [0.15, 0.2) is 24.3 Å². The first-order chi connectivity index (χ1) is 10.4. The molecule has 0 aromatic heterocycles. The predicted molar refractivity (Wildman–Crippen MR) is 73.8 cm³/mol. The number of rotatable bonds is 4. The zero-order valence-corrected chi connectivity index (χ0v) is 11.8. The van der Waals surface area contributed by atoms with E-state index in [1.807, 2.05) is 0 Å². The molecule has 0 radical (unpaired) electrons. The molecule has 0 bridgehead atoms. The Morgan fingerprint density at radius 2 is 2.14 bits per heavy atom. The van der Waals surface area contributed by atoms with Gasteiger partial charge in [-0.25, -0.2) is 4.79 Å². The highest BCUT2D eigenvalue weighted by atomic mass is 19.4. The first-order valence-electron chi connectivity index (χ1n) is 6.84.